The Morgan fingerprint density at radius 1 is 1.00 bits per heavy atom. The summed E-state index contributed by atoms with van der Waals surface area (Å²) in [5.74, 6) is -0.541. The van der Waals surface area contributed by atoms with Crippen molar-refractivity contribution in [1.82, 2.24) is 5.48 Å². The smallest absolute Gasteiger partial charge is 0.273 e. The van der Waals surface area contributed by atoms with Crippen molar-refractivity contribution >= 4 is 16.3 Å². The molecule has 6 nitrogen and oxygen atoms in total. The fourth-order valence-electron chi connectivity index (χ4n) is 1.75. The molecule has 0 bridgehead atoms. The number of unbranched alkanes of at least 4 members (excludes halogenated alkanes) is 8. The summed E-state index contributed by atoms with van der Waals surface area (Å²) in [6, 6.07) is 0. The van der Waals surface area contributed by atoms with E-state index in [0.717, 1.165) is 12.8 Å². The highest BCUT2D eigenvalue weighted by Gasteiger charge is 2.08. The molecular weight excluding hydrogens is 270 g/mol. The summed E-state index contributed by atoms with van der Waals surface area (Å²) in [5.41, 5.74) is 1.67. The molecule has 0 radical (unpaired) electrons. The SMILES string of the molecule is CCCCCCCCCCCC(=O)NOS(=O)(=O)O. The lowest BCUT2D eigenvalue weighted by Crippen LogP contribution is -2.26. The lowest BCUT2D eigenvalue weighted by molar-refractivity contribution is -0.127. The third-order valence-electron chi connectivity index (χ3n) is 2.77. The Balaban J connectivity index is 3.28. The van der Waals surface area contributed by atoms with E-state index < -0.39 is 16.3 Å². The lowest BCUT2D eigenvalue weighted by Gasteiger charge is -2.03. The van der Waals surface area contributed by atoms with Crippen LogP contribution in [-0.4, -0.2) is 18.9 Å². The van der Waals surface area contributed by atoms with Crippen LogP contribution in [0.5, 0.6) is 0 Å². The Kier molecular flexibility index (Phi) is 10.8. The number of hydroxylamine groups is 1. The zero-order valence-electron chi connectivity index (χ0n) is 11.6. The normalized spacial score (nSPS) is 11.5. The molecule has 0 fully saturated rings. The van der Waals surface area contributed by atoms with Crippen LogP contribution in [0.1, 0.15) is 71.1 Å². The molecule has 0 atom stereocenters. The van der Waals surface area contributed by atoms with E-state index in [0.29, 0.717) is 6.42 Å². The molecule has 0 aromatic rings. The summed E-state index contributed by atoms with van der Waals surface area (Å²) in [7, 11) is -4.60. The fraction of sp³-hybridized carbons (Fsp3) is 0.917. The maximum absolute atomic E-state index is 11.1. The summed E-state index contributed by atoms with van der Waals surface area (Å²) in [4.78, 5) is 11.1. The van der Waals surface area contributed by atoms with Crippen molar-refractivity contribution in [2.75, 3.05) is 0 Å². The van der Waals surface area contributed by atoms with E-state index in [4.69, 9.17) is 4.55 Å². The number of carbonyl (C=O) groups is 1. The maximum atomic E-state index is 11.1. The maximum Gasteiger partial charge on any atom is 0.418 e. The molecule has 0 heterocycles. The second-order valence-electron chi connectivity index (χ2n) is 4.61. The van der Waals surface area contributed by atoms with Gasteiger partial charge in [-0.3, -0.25) is 9.35 Å². The molecule has 0 unspecified atom stereocenters. The van der Waals surface area contributed by atoms with Crippen LogP contribution >= 0.6 is 0 Å². The van der Waals surface area contributed by atoms with Gasteiger partial charge in [-0.1, -0.05) is 58.3 Å². The molecule has 2 N–H and O–H groups in total. The predicted octanol–water partition coefficient (Wildman–Crippen LogP) is 2.76. The van der Waals surface area contributed by atoms with Crippen molar-refractivity contribution < 1.29 is 22.0 Å². The van der Waals surface area contributed by atoms with Crippen LogP contribution in [0, 0.1) is 0 Å². The molecule has 0 aromatic carbocycles. The molecule has 7 heteroatoms. The summed E-state index contributed by atoms with van der Waals surface area (Å²) < 4.78 is 32.3. The van der Waals surface area contributed by atoms with Crippen molar-refractivity contribution in [3.05, 3.63) is 0 Å². The van der Waals surface area contributed by atoms with E-state index in [9.17, 15) is 13.2 Å². The molecule has 0 spiro atoms. The highest BCUT2D eigenvalue weighted by atomic mass is 32.3. The van der Waals surface area contributed by atoms with Crippen LogP contribution in [0.2, 0.25) is 0 Å². The first-order valence-corrected chi connectivity index (χ1v) is 8.27. The monoisotopic (exact) mass is 295 g/mol. The summed E-state index contributed by atoms with van der Waals surface area (Å²) in [6.07, 6.45) is 10.4. The molecule has 0 aliphatic rings. The highest BCUT2D eigenvalue weighted by molar-refractivity contribution is 7.80. The number of nitrogens with one attached hydrogen (secondary N) is 1. The molecule has 0 aliphatic carbocycles. The second kappa shape index (κ2) is 11.2. The van der Waals surface area contributed by atoms with Gasteiger partial charge in [0.25, 0.3) is 0 Å². The lowest BCUT2D eigenvalue weighted by atomic mass is 10.1. The van der Waals surface area contributed by atoms with E-state index in [2.05, 4.69) is 11.2 Å². The van der Waals surface area contributed by atoms with Crippen molar-refractivity contribution in [2.45, 2.75) is 71.1 Å². The molecule has 1 amide bonds. The largest absolute Gasteiger partial charge is 0.418 e. The third-order valence-corrected chi connectivity index (χ3v) is 3.06. The van der Waals surface area contributed by atoms with Gasteiger partial charge >= 0.3 is 10.4 Å². The van der Waals surface area contributed by atoms with Crippen molar-refractivity contribution in [1.29, 1.82) is 0 Å². The number of hydrogen-bond donors (Lipinski definition) is 2. The van der Waals surface area contributed by atoms with Crippen LogP contribution in [0.15, 0.2) is 0 Å². The second-order valence-corrected chi connectivity index (χ2v) is 5.64. The molecule has 0 aromatic heterocycles. The van der Waals surface area contributed by atoms with E-state index in [1.807, 2.05) is 0 Å². The minimum absolute atomic E-state index is 0.200. The molecule has 0 saturated carbocycles. The van der Waals surface area contributed by atoms with Crippen molar-refractivity contribution in [3.63, 3.8) is 0 Å². The average molecular weight is 295 g/mol. The van der Waals surface area contributed by atoms with E-state index >= 15 is 0 Å². The molecule has 0 rings (SSSR count). The van der Waals surface area contributed by atoms with Gasteiger partial charge in [-0.15, -0.1) is 4.28 Å². The zero-order chi connectivity index (χ0) is 14.6. The quantitative estimate of drug-likeness (QED) is 0.328. The molecular formula is C12H25NO5S. The van der Waals surface area contributed by atoms with Gasteiger partial charge in [-0.25, -0.2) is 5.48 Å². The minimum atomic E-state index is -4.60. The van der Waals surface area contributed by atoms with E-state index in [1.165, 1.54) is 38.5 Å². The van der Waals surface area contributed by atoms with Gasteiger partial charge in [-0.2, -0.15) is 8.42 Å². The summed E-state index contributed by atoms with van der Waals surface area (Å²) in [5, 5.41) is 0. The summed E-state index contributed by atoms with van der Waals surface area (Å²) >= 11 is 0. The van der Waals surface area contributed by atoms with Gasteiger partial charge < -0.3 is 0 Å². The number of amides is 1. The molecule has 0 saturated heterocycles. The van der Waals surface area contributed by atoms with Crippen LogP contribution < -0.4 is 5.48 Å². The Hall–Kier alpha value is -0.660. The summed E-state index contributed by atoms with van der Waals surface area (Å²) in [6.45, 7) is 2.19. The standard InChI is InChI=1S/C12H25NO5S/c1-2-3-4-5-6-7-8-9-10-11-12(14)13-18-19(15,16)17/h2-11H2,1H3,(H,13,14)(H,15,16,17). The van der Waals surface area contributed by atoms with Gasteiger partial charge in [0.05, 0.1) is 0 Å². The van der Waals surface area contributed by atoms with Crippen molar-refractivity contribution in [2.24, 2.45) is 0 Å². The van der Waals surface area contributed by atoms with Crippen molar-refractivity contribution in [3.8, 4) is 0 Å². The fourth-order valence-corrected chi connectivity index (χ4v) is 1.94. The Morgan fingerprint density at radius 2 is 1.47 bits per heavy atom. The van der Waals surface area contributed by atoms with Gasteiger partial charge in [0, 0.05) is 6.42 Å². The molecule has 19 heavy (non-hydrogen) atoms. The van der Waals surface area contributed by atoms with Gasteiger partial charge in [0.15, 0.2) is 0 Å². The Morgan fingerprint density at radius 3 is 1.95 bits per heavy atom. The van der Waals surface area contributed by atoms with E-state index in [1.54, 1.807) is 5.48 Å². The van der Waals surface area contributed by atoms with Crippen LogP contribution in [-0.2, 0) is 19.5 Å². The predicted molar refractivity (Wildman–Crippen MR) is 72.6 cm³/mol. The minimum Gasteiger partial charge on any atom is -0.273 e. The Bertz CT molecular complexity index is 329. The Labute approximate surface area is 115 Å². The van der Waals surface area contributed by atoms with Crippen LogP contribution in [0.3, 0.4) is 0 Å². The van der Waals surface area contributed by atoms with E-state index in [-0.39, 0.29) is 6.42 Å². The van der Waals surface area contributed by atoms with Gasteiger partial charge in [0.1, 0.15) is 0 Å². The number of carbonyl (C=O) groups excluding carboxylic acids is 1. The average Bonchev–Trinajstić information content (AvgIpc) is 2.33. The molecule has 0 aliphatic heterocycles. The van der Waals surface area contributed by atoms with Crippen LogP contribution in [0.4, 0.5) is 0 Å². The highest BCUT2D eigenvalue weighted by Crippen LogP contribution is 2.10. The van der Waals surface area contributed by atoms with Gasteiger partial charge in [-0.05, 0) is 6.42 Å². The topological polar surface area (TPSA) is 92.7 Å². The first kappa shape index (κ1) is 18.3. The number of hydrogen-bond acceptors (Lipinski definition) is 4. The zero-order valence-corrected chi connectivity index (χ0v) is 12.4. The van der Waals surface area contributed by atoms with Gasteiger partial charge in [0.2, 0.25) is 5.91 Å². The first-order valence-electron chi connectivity index (χ1n) is 6.90. The van der Waals surface area contributed by atoms with Crippen LogP contribution in [0.25, 0.3) is 0 Å². The first-order chi connectivity index (χ1) is 8.95. The molecule has 114 valence electrons. The third kappa shape index (κ3) is 15.3. The number of rotatable bonds is 12.